The molecule has 2 aliphatic heterocycles. The van der Waals surface area contributed by atoms with Gasteiger partial charge in [0.2, 0.25) is 0 Å². The number of pyridine rings is 1. The Balaban J connectivity index is 1.10. The van der Waals surface area contributed by atoms with Gasteiger partial charge in [-0.1, -0.05) is 31.4 Å². The second kappa shape index (κ2) is 12.8. The molecule has 0 radical (unpaired) electrons. The van der Waals surface area contributed by atoms with Crippen LogP contribution in [0.15, 0.2) is 55.0 Å². The van der Waals surface area contributed by atoms with Crippen molar-refractivity contribution in [3.05, 3.63) is 66.1 Å². The van der Waals surface area contributed by atoms with Crippen LogP contribution >= 0.6 is 0 Å². The van der Waals surface area contributed by atoms with Gasteiger partial charge in [-0.05, 0) is 49.4 Å². The van der Waals surface area contributed by atoms with Gasteiger partial charge in [-0.25, -0.2) is 4.52 Å². The van der Waals surface area contributed by atoms with Crippen molar-refractivity contribution in [2.45, 2.75) is 58.2 Å². The van der Waals surface area contributed by atoms with Crippen molar-refractivity contribution in [3.63, 3.8) is 0 Å². The highest BCUT2D eigenvalue weighted by Crippen LogP contribution is 2.29. The highest BCUT2D eigenvalue weighted by atomic mass is 16.5. The van der Waals surface area contributed by atoms with Crippen molar-refractivity contribution in [1.82, 2.24) is 24.3 Å². The maximum Gasteiger partial charge on any atom is 0.127 e. The fourth-order valence-electron chi connectivity index (χ4n) is 6.91. The van der Waals surface area contributed by atoms with Crippen molar-refractivity contribution < 1.29 is 9.47 Å². The molecule has 1 unspecified atom stereocenters. The van der Waals surface area contributed by atoms with Crippen LogP contribution in [0, 0.1) is 5.92 Å². The molecule has 0 bridgehead atoms. The average Bonchev–Trinajstić information content (AvgIpc) is 3.43. The lowest BCUT2D eigenvalue weighted by molar-refractivity contribution is 0.0609. The van der Waals surface area contributed by atoms with E-state index in [-0.39, 0.29) is 0 Å². The molecule has 0 amide bonds. The van der Waals surface area contributed by atoms with E-state index in [9.17, 15) is 0 Å². The van der Waals surface area contributed by atoms with Crippen LogP contribution < -0.4 is 14.4 Å². The molecule has 220 valence electrons. The summed E-state index contributed by atoms with van der Waals surface area (Å²) in [5.74, 6) is 2.58. The first-order valence-electron chi connectivity index (χ1n) is 15.4. The van der Waals surface area contributed by atoms with E-state index in [1.807, 2.05) is 22.8 Å². The zero-order valence-corrected chi connectivity index (χ0v) is 25.0. The van der Waals surface area contributed by atoms with Crippen LogP contribution in [0.25, 0.3) is 5.52 Å². The quantitative estimate of drug-likeness (QED) is 0.356. The van der Waals surface area contributed by atoms with Crippen molar-refractivity contribution in [2.24, 2.45) is 5.92 Å². The van der Waals surface area contributed by atoms with Gasteiger partial charge < -0.3 is 14.4 Å². The normalized spacial score (nSPS) is 21.5. The van der Waals surface area contributed by atoms with Gasteiger partial charge in [0.15, 0.2) is 0 Å². The molecule has 2 fully saturated rings. The molecule has 6 rings (SSSR count). The van der Waals surface area contributed by atoms with E-state index >= 15 is 0 Å². The Morgan fingerprint density at radius 2 is 1.83 bits per heavy atom. The summed E-state index contributed by atoms with van der Waals surface area (Å²) in [6.07, 6.45) is 15.7. The highest BCUT2D eigenvalue weighted by molar-refractivity contribution is 5.74. The predicted octanol–water partition coefficient (Wildman–Crippen LogP) is 5.23. The third-order valence-electron chi connectivity index (χ3n) is 9.24. The maximum absolute atomic E-state index is 5.65. The molecule has 3 aliphatic rings. The van der Waals surface area contributed by atoms with Crippen LogP contribution in [0.4, 0.5) is 5.69 Å². The Bertz CT molecular complexity index is 1330. The van der Waals surface area contributed by atoms with E-state index in [2.05, 4.69) is 68.3 Å². The van der Waals surface area contributed by atoms with Crippen molar-refractivity contribution in [1.29, 1.82) is 0 Å². The van der Waals surface area contributed by atoms with Crippen LogP contribution in [0.2, 0.25) is 0 Å². The number of hydrogen-bond acceptors (Lipinski definition) is 7. The summed E-state index contributed by atoms with van der Waals surface area (Å²) in [5, 5.41) is 4.68. The standard InChI is InChI=1S/C33H46N6O2/c1-26-21-35(16-17-37(26)23-27-8-5-4-6-9-27)22-28-12-15-39-31(18-28)32(20-34-39)38-14-7-13-36(25-38)24-29-10-11-30(40-2)19-33(29)41-3/h7,10-12,14-15,18-20,26-27H,4-6,8-9,13,16-17,21-25H2,1-3H3. The van der Waals surface area contributed by atoms with Crippen LogP contribution in [-0.2, 0) is 13.1 Å². The number of aromatic nitrogens is 2. The number of benzene rings is 1. The van der Waals surface area contributed by atoms with Crippen molar-refractivity contribution in [2.75, 3.05) is 58.5 Å². The number of anilines is 1. The topological polar surface area (TPSA) is 48.7 Å². The van der Waals surface area contributed by atoms with E-state index in [4.69, 9.17) is 9.47 Å². The number of methoxy groups -OCH3 is 2. The summed E-state index contributed by atoms with van der Waals surface area (Å²) in [6.45, 7) is 10.7. The molecule has 0 spiro atoms. The Morgan fingerprint density at radius 3 is 2.63 bits per heavy atom. The van der Waals surface area contributed by atoms with Crippen LogP contribution in [0.3, 0.4) is 0 Å². The first-order valence-corrected chi connectivity index (χ1v) is 15.4. The molecule has 1 aliphatic carbocycles. The van der Waals surface area contributed by atoms with Gasteiger partial charge in [0.25, 0.3) is 0 Å². The number of piperazine rings is 1. The van der Waals surface area contributed by atoms with Gasteiger partial charge in [-0.3, -0.25) is 14.7 Å². The summed E-state index contributed by atoms with van der Waals surface area (Å²) in [6, 6.07) is 11.2. The Labute approximate surface area is 245 Å². The Hall–Kier alpha value is -3.07. The van der Waals surface area contributed by atoms with Crippen LogP contribution in [0.5, 0.6) is 11.5 Å². The third-order valence-corrected chi connectivity index (χ3v) is 9.24. The third kappa shape index (κ3) is 6.55. The molecule has 0 N–H and O–H groups in total. The lowest BCUT2D eigenvalue weighted by Crippen LogP contribution is -2.52. The lowest BCUT2D eigenvalue weighted by Gasteiger charge is -2.42. The Morgan fingerprint density at radius 1 is 0.951 bits per heavy atom. The maximum atomic E-state index is 5.65. The zero-order valence-electron chi connectivity index (χ0n) is 25.0. The van der Waals surface area contributed by atoms with Gasteiger partial charge in [0.1, 0.15) is 11.5 Å². The minimum absolute atomic E-state index is 0.619. The van der Waals surface area contributed by atoms with Gasteiger partial charge in [-0.15, -0.1) is 0 Å². The van der Waals surface area contributed by atoms with Gasteiger partial charge in [-0.2, -0.15) is 5.10 Å². The van der Waals surface area contributed by atoms with E-state index in [0.717, 1.165) is 73.6 Å². The number of rotatable bonds is 9. The molecule has 1 aromatic carbocycles. The van der Waals surface area contributed by atoms with E-state index in [1.165, 1.54) is 50.8 Å². The fraction of sp³-hybridized carbons (Fsp3) is 0.545. The van der Waals surface area contributed by atoms with Crippen molar-refractivity contribution >= 4 is 11.2 Å². The van der Waals surface area contributed by atoms with Gasteiger partial charge in [0, 0.05) is 75.9 Å². The predicted molar refractivity (Wildman–Crippen MR) is 165 cm³/mol. The summed E-state index contributed by atoms with van der Waals surface area (Å²) < 4.78 is 13.0. The molecule has 2 aromatic heterocycles. The van der Waals surface area contributed by atoms with Gasteiger partial charge >= 0.3 is 0 Å². The molecule has 4 heterocycles. The minimum atomic E-state index is 0.619. The first-order chi connectivity index (χ1) is 20.1. The minimum Gasteiger partial charge on any atom is -0.497 e. The summed E-state index contributed by atoms with van der Waals surface area (Å²) in [4.78, 5) is 10.1. The summed E-state index contributed by atoms with van der Waals surface area (Å²) in [7, 11) is 3.40. The molecule has 8 nitrogen and oxygen atoms in total. The highest BCUT2D eigenvalue weighted by Gasteiger charge is 2.27. The zero-order chi connectivity index (χ0) is 28.2. The number of fused-ring (bicyclic) bond motifs is 1. The van der Waals surface area contributed by atoms with E-state index < -0.39 is 0 Å². The van der Waals surface area contributed by atoms with Crippen LogP contribution in [-0.4, -0.2) is 84.0 Å². The first kappa shape index (κ1) is 28.1. The number of nitrogens with zero attached hydrogens (tertiary/aromatic N) is 6. The molecule has 1 saturated carbocycles. The second-order valence-electron chi connectivity index (χ2n) is 12.2. The smallest absolute Gasteiger partial charge is 0.127 e. The van der Waals surface area contributed by atoms with Crippen LogP contribution in [0.1, 0.15) is 50.2 Å². The molecule has 1 atom stereocenters. The van der Waals surface area contributed by atoms with E-state index in [0.29, 0.717) is 6.04 Å². The molecular formula is C33H46N6O2. The fourth-order valence-corrected chi connectivity index (χ4v) is 6.91. The van der Waals surface area contributed by atoms with Gasteiger partial charge in [0.05, 0.1) is 38.3 Å². The average molecular weight is 559 g/mol. The number of ether oxygens (including phenoxy) is 2. The SMILES string of the molecule is COc1ccc(CN2CC=CN(c3cnn4ccc(CN5CCN(CC6CCCCC6)C(C)C5)cc34)C2)c(OC)c1. The van der Waals surface area contributed by atoms with Crippen molar-refractivity contribution in [3.8, 4) is 11.5 Å². The second-order valence-corrected chi connectivity index (χ2v) is 12.2. The summed E-state index contributed by atoms with van der Waals surface area (Å²) in [5.41, 5.74) is 4.80. The largest absolute Gasteiger partial charge is 0.497 e. The molecule has 8 heteroatoms. The Kier molecular flexibility index (Phi) is 8.79. The monoisotopic (exact) mass is 558 g/mol. The molecule has 41 heavy (non-hydrogen) atoms. The lowest BCUT2D eigenvalue weighted by atomic mass is 9.88. The molecule has 1 saturated heterocycles. The molecular weight excluding hydrogens is 512 g/mol. The molecule has 3 aromatic rings. The summed E-state index contributed by atoms with van der Waals surface area (Å²) >= 11 is 0. The number of hydrogen-bond donors (Lipinski definition) is 0. The van der Waals surface area contributed by atoms with E-state index in [1.54, 1.807) is 14.2 Å².